The molecular formula is C26H42N2O3Si4. The minimum atomic E-state index is -3.14. The van der Waals surface area contributed by atoms with Gasteiger partial charge < -0.3 is 22.1 Å². The van der Waals surface area contributed by atoms with Crippen LogP contribution in [0.5, 0.6) is 0 Å². The Balaban J connectivity index is 2.33. The summed E-state index contributed by atoms with van der Waals surface area (Å²) >= 11 is 0. The Kier molecular flexibility index (Phi) is 8.47. The van der Waals surface area contributed by atoms with Crippen molar-refractivity contribution in [2.45, 2.75) is 39.3 Å². The Morgan fingerprint density at radius 2 is 0.971 bits per heavy atom. The van der Waals surface area contributed by atoms with Gasteiger partial charge in [-0.15, -0.1) is 13.2 Å². The minimum Gasteiger partial charge on any atom is -0.430 e. The van der Waals surface area contributed by atoms with Gasteiger partial charge in [0.15, 0.2) is 15.7 Å². The van der Waals surface area contributed by atoms with E-state index in [2.05, 4.69) is 126 Å². The predicted octanol–water partition coefficient (Wildman–Crippen LogP) is 3.81. The van der Waals surface area contributed by atoms with Crippen molar-refractivity contribution in [3.05, 3.63) is 84.2 Å². The van der Waals surface area contributed by atoms with Crippen molar-refractivity contribution >= 4 is 43.2 Å². The van der Waals surface area contributed by atoms with E-state index in [-0.39, 0.29) is 0 Å². The molecule has 0 N–H and O–H groups in total. The van der Waals surface area contributed by atoms with Crippen molar-refractivity contribution in [2.24, 2.45) is 0 Å². The van der Waals surface area contributed by atoms with Crippen LogP contribution in [0.1, 0.15) is 11.1 Å². The fraction of sp³-hybridized carbons (Fsp3) is 0.385. The van der Waals surface area contributed by atoms with Gasteiger partial charge in [-0.3, -0.25) is 0 Å². The van der Waals surface area contributed by atoms with Gasteiger partial charge in [-0.25, -0.2) is 0 Å². The summed E-state index contributed by atoms with van der Waals surface area (Å²) in [5.41, 5.74) is 6.39. The van der Waals surface area contributed by atoms with Crippen LogP contribution >= 0.6 is 0 Å². The third-order valence-corrected chi connectivity index (χ3v) is 32.8. The normalized spacial score (nSPS) is 25.9. The maximum absolute atomic E-state index is 7.40. The summed E-state index contributed by atoms with van der Waals surface area (Å²) in [4.78, 5) is 4.37. The van der Waals surface area contributed by atoms with Crippen LogP contribution in [-0.4, -0.2) is 70.8 Å². The first-order valence-corrected chi connectivity index (χ1v) is 22.8. The molecule has 5 nitrogen and oxygen atoms in total. The molecule has 1 saturated heterocycles. The van der Waals surface area contributed by atoms with Gasteiger partial charge in [0, 0.05) is 23.5 Å². The second kappa shape index (κ2) is 10.5. The third-order valence-electron chi connectivity index (χ3n) is 6.86. The van der Waals surface area contributed by atoms with Crippen LogP contribution in [0.4, 0.5) is 0 Å². The van der Waals surface area contributed by atoms with E-state index in [1.165, 1.54) is 11.1 Å². The molecule has 35 heavy (non-hydrogen) atoms. The minimum absolute atomic E-state index is 0.801. The third kappa shape index (κ3) is 5.63. The molecule has 0 spiro atoms. The molecule has 0 bridgehead atoms. The number of hydrogen-bond donors (Lipinski definition) is 0. The standard InChI is InChI=1S/C26H42N2O3Si4/c1-11-34(25-19-15-13-17-23(25)21-27(3)4)29-32(7,8)33(9,10)30-35(12-2,31-34)26-20-16-14-18-24(26)22-28(5)6/h11-20H,1-2,21-22H2,3-10H3. The maximum atomic E-state index is 7.40. The van der Waals surface area contributed by atoms with Crippen molar-refractivity contribution in [3.63, 3.8) is 0 Å². The van der Waals surface area contributed by atoms with Crippen molar-refractivity contribution < 1.29 is 12.3 Å². The molecule has 2 unspecified atom stereocenters. The van der Waals surface area contributed by atoms with Gasteiger partial charge >= 0.3 is 17.1 Å². The van der Waals surface area contributed by atoms with Crippen LogP contribution < -0.4 is 10.4 Å². The van der Waals surface area contributed by atoms with Crippen molar-refractivity contribution in [1.29, 1.82) is 0 Å². The van der Waals surface area contributed by atoms with Crippen LogP contribution in [0.2, 0.25) is 26.2 Å². The Labute approximate surface area is 216 Å². The average Bonchev–Trinajstić information content (AvgIpc) is 2.84. The van der Waals surface area contributed by atoms with Gasteiger partial charge in [-0.1, -0.05) is 48.5 Å². The summed E-state index contributed by atoms with van der Waals surface area (Å²) in [7, 11) is -2.54. The SMILES string of the molecule is C=C[Si]1(c2ccccc2CN(C)C)O[Si](C=C)(c2ccccc2CN(C)C)O[Si](C)(C)[Si](C)(C)O1. The predicted molar refractivity (Wildman–Crippen MR) is 157 cm³/mol. The van der Waals surface area contributed by atoms with E-state index in [1.54, 1.807) is 0 Å². The molecule has 0 radical (unpaired) electrons. The van der Waals surface area contributed by atoms with Crippen LogP contribution in [0.15, 0.2) is 73.1 Å². The molecule has 0 saturated carbocycles. The summed E-state index contributed by atoms with van der Waals surface area (Å²) in [6, 6.07) is 17.1. The fourth-order valence-electron chi connectivity index (χ4n) is 4.55. The molecule has 1 heterocycles. The summed E-state index contributed by atoms with van der Waals surface area (Å²) in [6.45, 7) is 19.4. The van der Waals surface area contributed by atoms with Gasteiger partial charge in [0.2, 0.25) is 0 Å². The highest BCUT2D eigenvalue weighted by Crippen LogP contribution is 2.36. The van der Waals surface area contributed by atoms with E-state index in [0.29, 0.717) is 0 Å². The number of benzene rings is 2. The van der Waals surface area contributed by atoms with E-state index in [9.17, 15) is 0 Å². The second-order valence-corrected chi connectivity index (χ2v) is 31.1. The van der Waals surface area contributed by atoms with Crippen LogP contribution in [0.25, 0.3) is 0 Å². The quantitative estimate of drug-likeness (QED) is 0.474. The molecule has 3 rings (SSSR count). The second-order valence-electron chi connectivity index (χ2n) is 10.9. The fourth-order valence-corrected chi connectivity index (χ4v) is 28.0. The zero-order chi connectivity index (χ0) is 26.1. The zero-order valence-corrected chi connectivity index (χ0v) is 26.7. The molecule has 0 amide bonds. The van der Waals surface area contributed by atoms with E-state index in [0.717, 1.165) is 23.5 Å². The van der Waals surface area contributed by atoms with Gasteiger partial charge in [0.1, 0.15) is 0 Å². The number of rotatable bonds is 8. The number of hydrogen-bond acceptors (Lipinski definition) is 5. The Hall–Kier alpha value is -1.41. The molecule has 2 aromatic rings. The average molecular weight is 543 g/mol. The van der Waals surface area contributed by atoms with Crippen LogP contribution in [0, 0.1) is 0 Å². The molecule has 0 aliphatic carbocycles. The summed E-state index contributed by atoms with van der Waals surface area (Å²) < 4.78 is 22.0. The van der Waals surface area contributed by atoms with Crippen LogP contribution in [-0.2, 0) is 25.4 Å². The first kappa shape index (κ1) is 28.2. The van der Waals surface area contributed by atoms with Crippen molar-refractivity contribution in [2.75, 3.05) is 28.2 Å². The Morgan fingerprint density at radius 3 is 1.29 bits per heavy atom. The van der Waals surface area contributed by atoms with Crippen molar-refractivity contribution in [1.82, 2.24) is 9.80 Å². The molecule has 2 atom stereocenters. The zero-order valence-electron chi connectivity index (χ0n) is 22.7. The lowest BCUT2D eigenvalue weighted by atomic mass is 10.2. The van der Waals surface area contributed by atoms with Gasteiger partial charge in [-0.05, 0) is 76.9 Å². The molecule has 1 aliphatic rings. The Bertz CT molecular complexity index is 993. The van der Waals surface area contributed by atoms with Gasteiger partial charge in [-0.2, -0.15) is 0 Å². The van der Waals surface area contributed by atoms with E-state index >= 15 is 0 Å². The molecule has 2 aromatic carbocycles. The molecule has 190 valence electrons. The summed E-state index contributed by atoms with van der Waals surface area (Å²) in [6.07, 6.45) is 0. The molecule has 9 heteroatoms. The lowest BCUT2D eigenvalue weighted by Crippen LogP contribution is -2.65. The highest BCUT2D eigenvalue weighted by atomic mass is 29.3. The Morgan fingerprint density at radius 1 is 0.629 bits per heavy atom. The highest BCUT2D eigenvalue weighted by Gasteiger charge is 2.62. The topological polar surface area (TPSA) is 34.2 Å². The van der Waals surface area contributed by atoms with Gasteiger partial charge in [0.05, 0.1) is 0 Å². The molecule has 1 fully saturated rings. The first-order valence-electron chi connectivity index (χ1n) is 12.2. The molecular weight excluding hydrogens is 501 g/mol. The highest BCUT2D eigenvalue weighted by molar-refractivity contribution is 7.39. The summed E-state index contributed by atoms with van der Waals surface area (Å²) in [5.74, 6) is 0. The summed E-state index contributed by atoms with van der Waals surface area (Å²) in [5, 5.41) is 2.26. The van der Waals surface area contributed by atoms with E-state index < -0.39 is 32.8 Å². The lowest BCUT2D eigenvalue weighted by molar-refractivity contribution is 0.374. The molecule has 1 aliphatic heterocycles. The maximum Gasteiger partial charge on any atom is 0.380 e. The first-order chi connectivity index (χ1) is 16.3. The largest absolute Gasteiger partial charge is 0.430 e. The van der Waals surface area contributed by atoms with Crippen LogP contribution in [0.3, 0.4) is 0 Å². The smallest absolute Gasteiger partial charge is 0.380 e. The van der Waals surface area contributed by atoms with E-state index in [4.69, 9.17) is 12.3 Å². The van der Waals surface area contributed by atoms with Gasteiger partial charge in [0.25, 0.3) is 0 Å². The van der Waals surface area contributed by atoms with E-state index in [1.807, 2.05) is 11.4 Å². The lowest BCUT2D eigenvalue weighted by Gasteiger charge is -2.39. The molecule has 0 aromatic heterocycles. The monoisotopic (exact) mass is 542 g/mol. The number of nitrogens with zero attached hydrogens (tertiary/aromatic N) is 2. The van der Waals surface area contributed by atoms with Crippen molar-refractivity contribution in [3.8, 4) is 0 Å².